The Morgan fingerprint density at radius 3 is 2.32 bits per heavy atom. The van der Waals surface area contributed by atoms with E-state index in [0.717, 1.165) is 0 Å². The minimum Gasteiger partial charge on any atom is -0.507 e. The van der Waals surface area contributed by atoms with E-state index in [9.17, 15) is 24.8 Å². The number of aliphatic hydroxyl groups is 1. The third kappa shape index (κ3) is 4.41. The molecule has 0 aliphatic carbocycles. The lowest BCUT2D eigenvalue weighted by Gasteiger charge is -2.25. The number of hydrogen-bond donors (Lipinski definition) is 1. The van der Waals surface area contributed by atoms with Gasteiger partial charge in [0.15, 0.2) is 0 Å². The van der Waals surface area contributed by atoms with Crippen LogP contribution in [0.3, 0.4) is 0 Å². The zero-order chi connectivity index (χ0) is 22.5. The van der Waals surface area contributed by atoms with E-state index in [-0.39, 0.29) is 30.2 Å². The van der Waals surface area contributed by atoms with Crippen molar-refractivity contribution in [2.75, 3.05) is 26.9 Å². The minimum atomic E-state index is -0.900. The molecular formula is C22H22N2O7. The van der Waals surface area contributed by atoms with E-state index < -0.39 is 22.7 Å². The molecule has 1 N–H and O–H groups in total. The lowest BCUT2D eigenvalue weighted by molar-refractivity contribution is -0.384. The van der Waals surface area contributed by atoms with Gasteiger partial charge in [-0.1, -0.05) is 0 Å². The van der Waals surface area contributed by atoms with Crippen LogP contribution < -0.4 is 4.74 Å². The number of hydrogen-bond acceptors (Lipinski definition) is 7. The molecular weight excluding hydrogens is 404 g/mol. The molecule has 0 spiro atoms. The summed E-state index contributed by atoms with van der Waals surface area (Å²) in [5, 5.41) is 21.9. The zero-order valence-electron chi connectivity index (χ0n) is 17.1. The molecule has 0 unspecified atom stereocenters. The van der Waals surface area contributed by atoms with Crippen LogP contribution in [0.1, 0.15) is 24.1 Å². The van der Waals surface area contributed by atoms with Gasteiger partial charge in [0.2, 0.25) is 0 Å². The maximum atomic E-state index is 12.8. The largest absolute Gasteiger partial charge is 0.507 e. The smallest absolute Gasteiger partial charge is 0.295 e. The van der Waals surface area contributed by atoms with Gasteiger partial charge in [0.25, 0.3) is 17.4 Å². The zero-order valence-corrected chi connectivity index (χ0v) is 17.1. The predicted molar refractivity (Wildman–Crippen MR) is 112 cm³/mol. The third-order valence-electron chi connectivity index (χ3n) is 4.93. The first-order chi connectivity index (χ1) is 14.9. The third-order valence-corrected chi connectivity index (χ3v) is 4.93. The van der Waals surface area contributed by atoms with E-state index in [1.165, 1.54) is 36.3 Å². The Balaban J connectivity index is 2.09. The highest BCUT2D eigenvalue weighted by molar-refractivity contribution is 6.46. The second-order valence-electron chi connectivity index (χ2n) is 6.79. The first-order valence-electron chi connectivity index (χ1n) is 9.64. The van der Waals surface area contributed by atoms with Crippen molar-refractivity contribution in [3.05, 3.63) is 75.3 Å². The molecule has 0 saturated carbocycles. The van der Waals surface area contributed by atoms with Crippen molar-refractivity contribution >= 4 is 23.1 Å². The normalized spacial score (nSPS) is 17.7. The van der Waals surface area contributed by atoms with Crippen molar-refractivity contribution in [2.45, 2.75) is 13.0 Å². The molecule has 3 rings (SSSR count). The fourth-order valence-corrected chi connectivity index (χ4v) is 3.46. The average Bonchev–Trinajstić information content (AvgIpc) is 3.02. The number of nitro groups is 1. The Morgan fingerprint density at radius 1 is 1.13 bits per heavy atom. The van der Waals surface area contributed by atoms with Gasteiger partial charge in [0.05, 0.1) is 29.8 Å². The maximum absolute atomic E-state index is 12.8. The summed E-state index contributed by atoms with van der Waals surface area (Å²) in [6.07, 6.45) is 0. The van der Waals surface area contributed by atoms with Crippen LogP contribution in [0.2, 0.25) is 0 Å². The first-order valence-corrected chi connectivity index (χ1v) is 9.64. The van der Waals surface area contributed by atoms with Gasteiger partial charge in [0.1, 0.15) is 11.5 Å². The molecule has 1 amide bonds. The van der Waals surface area contributed by atoms with Crippen molar-refractivity contribution in [2.24, 2.45) is 0 Å². The molecule has 1 aliphatic rings. The Bertz CT molecular complexity index is 1010. The molecule has 9 heteroatoms. The molecule has 0 radical (unpaired) electrons. The Kier molecular flexibility index (Phi) is 6.66. The van der Waals surface area contributed by atoms with Gasteiger partial charge in [0, 0.05) is 31.4 Å². The number of Topliss-reactive ketones (excluding diaryl/α,β-unsaturated/α-hetero) is 1. The maximum Gasteiger partial charge on any atom is 0.295 e. The molecule has 1 heterocycles. The molecule has 2 aromatic rings. The highest BCUT2D eigenvalue weighted by Crippen LogP contribution is 2.39. The number of likely N-dealkylation sites (tertiary alicyclic amines) is 1. The number of methoxy groups -OCH3 is 1. The van der Waals surface area contributed by atoms with Gasteiger partial charge in [-0.15, -0.1) is 0 Å². The van der Waals surface area contributed by atoms with Crippen LogP contribution in [0.25, 0.3) is 5.76 Å². The highest BCUT2D eigenvalue weighted by atomic mass is 16.6. The van der Waals surface area contributed by atoms with Crippen LogP contribution in [0.4, 0.5) is 5.69 Å². The van der Waals surface area contributed by atoms with Crippen LogP contribution in [0.15, 0.2) is 54.1 Å². The summed E-state index contributed by atoms with van der Waals surface area (Å²) in [5.41, 5.74) is 0.608. The highest BCUT2D eigenvalue weighted by Gasteiger charge is 2.45. The predicted octanol–water partition coefficient (Wildman–Crippen LogP) is 3.06. The summed E-state index contributed by atoms with van der Waals surface area (Å²) in [5.74, 6) is -1.32. The van der Waals surface area contributed by atoms with E-state index in [1.54, 1.807) is 24.3 Å². The molecule has 1 fully saturated rings. The van der Waals surface area contributed by atoms with Crippen LogP contribution in [-0.2, 0) is 14.3 Å². The molecule has 31 heavy (non-hydrogen) atoms. The van der Waals surface area contributed by atoms with Gasteiger partial charge in [-0.3, -0.25) is 19.7 Å². The van der Waals surface area contributed by atoms with Crippen LogP contribution in [0.5, 0.6) is 5.75 Å². The van der Waals surface area contributed by atoms with Crippen LogP contribution in [-0.4, -0.2) is 53.5 Å². The number of non-ortho nitro benzene ring substituents is 1. The van der Waals surface area contributed by atoms with Crippen molar-refractivity contribution in [1.29, 1.82) is 0 Å². The van der Waals surface area contributed by atoms with Crippen molar-refractivity contribution in [3.63, 3.8) is 0 Å². The van der Waals surface area contributed by atoms with E-state index in [0.29, 0.717) is 23.5 Å². The lowest BCUT2D eigenvalue weighted by atomic mass is 9.95. The quantitative estimate of drug-likeness (QED) is 0.226. The molecule has 0 bridgehead atoms. The fourth-order valence-electron chi connectivity index (χ4n) is 3.46. The van der Waals surface area contributed by atoms with Crippen molar-refractivity contribution < 1.29 is 29.1 Å². The topological polar surface area (TPSA) is 119 Å². The van der Waals surface area contributed by atoms with Gasteiger partial charge in [-0.25, -0.2) is 0 Å². The number of ketones is 1. The summed E-state index contributed by atoms with van der Waals surface area (Å²) in [7, 11) is 1.47. The number of carbonyl (C=O) groups excluding carboxylic acids is 2. The van der Waals surface area contributed by atoms with Gasteiger partial charge < -0.3 is 19.5 Å². The number of ether oxygens (including phenoxy) is 2. The second kappa shape index (κ2) is 9.40. The van der Waals surface area contributed by atoms with Crippen molar-refractivity contribution in [1.82, 2.24) is 4.90 Å². The molecule has 1 atom stereocenters. The van der Waals surface area contributed by atoms with E-state index in [4.69, 9.17) is 9.47 Å². The number of benzene rings is 2. The monoisotopic (exact) mass is 426 g/mol. The number of nitro benzene ring substituents is 1. The molecule has 1 aliphatic heterocycles. The van der Waals surface area contributed by atoms with E-state index in [2.05, 4.69) is 0 Å². The standard InChI is InChI=1S/C22H22N2O7/c1-3-31-17-10-6-15(7-11-17)20(25)18-19(14-4-8-16(9-5-14)24(28)29)23(12-13-30-2)22(27)21(18)26/h4-11,19,25H,3,12-13H2,1-2H3/t19-/m0/s1. The van der Waals surface area contributed by atoms with Gasteiger partial charge in [-0.2, -0.15) is 0 Å². The fraction of sp³-hybridized carbons (Fsp3) is 0.273. The SMILES string of the molecule is CCOc1ccc(C(O)=C2C(=O)C(=O)N(CCOC)[C@H]2c2ccc([N+](=O)[O-])cc2)cc1. The van der Waals surface area contributed by atoms with Crippen molar-refractivity contribution in [3.8, 4) is 5.75 Å². The summed E-state index contributed by atoms with van der Waals surface area (Å²) < 4.78 is 10.4. The Morgan fingerprint density at radius 2 is 1.77 bits per heavy atom. The number of carbonyl (C=O) groups is 2. The van der Waals surface area contributed by atoms with E-state index in [1.807, 2.05) is 6.92 Å². The number of rotatable bonds is 8. The number of nitrogens with zero attached hydrogens (tertiary/aromatic N) is 2. The van der Waals surface area contributed by atoms with Gasteiger partial charge in [-0.05, 0) is 48.9 Å². The molecule has 0 aromatic heterocycles. The Labute approximate surface area is 178 Å². The summed E-state index contributed by atoms with van der Waals surface area (Å²) in [6.45, 7) is 2.62. The molecule has 162 valence electrons. The summed E-state index contributed by atoms with van der Waals surface area (Å²) in [6, 6.07) is 11.1. The van der Waals surface area contributed by atoms with Crippen LogP contribution >= 0.6 is 0 Å². The van der Waals surface area contributed by atoms with Gasteiger partial charge >= 0.3 is 0 Å². The molecule has 2 aromatic carbocycles. The first kappa shape index (κ1) is 22.0. The number of aliphatic hydroxyl groups excluding tert-OH is 1. The van der Waals surface area contributed by atoms with E-state index >= 15 is 0 Å². The lowest BCUT2D eigenvalue weighted by Crippen LogP contribution is -2.32. The molecule has 9 nitrogen and oxygen atoms in total. The number of amides is 1. The average molecular weight is 426 g/mol. The van der Waals surface area contributed by atoms with Crippen LogP contribution in [0, 0.1) is 10.1 Å². The summed E-state index contributed by atoms with van der Waals surface area (Å²) >= 11 is 0. The summed E-state index contributed by atoms with van der Waals surface area (Å²) in [4.78, 5) is 37.3. The second-order valence-corrected chi connectivity index (χ2v) is 6.79. The minimum absolute atomic E-state index is 0.0842. The Hall–Kier alpha value is -3.72. The molecule has 1 saturated heterocycles.